The number of nitrogens with two attached hydrogens (primary N) is 1. The van der Waals surface area contributed by atoms with Gasteiger partial charge in [-0.25, -0.2) is 0 Å². The number of nitrogens with one attached hydrogen (secondary N) is 1. The van der Waals surface area contributed by atoms with Crippen molar-refractivity contribution in [3.63, 3.8) is 0 Å². The molecule has 1 heterocycles. The number of nitrogens with zero attached hydrogens (tertiary/aromatic N) is 1. The van der Waals surface area contributed by atoms with Crippen molar-refractivity contribution in [2.24, 2.45) is 5.73 Å². The molecule has 14 heavy (non-hydrogen) atoms. The van der Waals surface area contributed by atoms with Gasteiger partial charge in [0.25, 0.3) is 0 Å². The van der Waals surface area contributed by atoms with Gasteiger partial charge in [0, 0.05) is 13.1 Å². The molecule has 0 fully saturated rings. The van der Waals surface area contributed by atoms with Crippen LogP contribution in [0.25, 0.3) is 11.0 Å². The number of anilines is 1. The van der Waals surface area contributed by atoms with Crippen LogP contribution in [-0.2, 0) is 0 Å². The fourth-order valence-electron chi connectivity index (χ4n) is 1.36. The second-order valence-corrected chi connectivity index (χ2v) is 3.25. The van der Waals surface area contributed by atoms with Crippen LogP contribution in [0.2, 0.25) is 0 Å². The Balaban J connectivity index is 2.37. The van der Waals surface area contributed by atoms with E-state index in [0.717, 1.165) is 16.8 Å². The maximum absolute atomic E-state index is 5.39. The first-order valence-electron chi connectivity index (χ1n) is 4.61. The number of aryl methyl sites for hydroxylation is 1. The van der Waals surface area contributed by atoms with Gasteiger partial charge < -0.3 is 15.6 Å². The molecule has 0 aliphatic heterocycles. The number of fused-ring (bicyclic) bond motifs is 1. The van der Waals surface area contributed by atoms with Crippen LogP contribution in [0, 0.1) is 6.92 Å². The van der Waals surface area contributed by atoms with Crippen LogP contribution in [0.3, 0.4) is 0 Å². The zero-order valence-corrected chi connectivity index (χ0v) is 8.08. The van der Waals surface area contributed by atoms with Crippen LogP contribution in [0.15, 0.2) is 22.7 Å². The molecule has 0 radical (unpaired) electrons. The van der Waals surface area contributed by atoms with Gasteiger partial charge in [-0.05, 0) is 24.6 Å². The summed E-state index contributed by atoms with van der Waals surface area (Å²) in [7, 11) is 0. The minimum absolute atomic E-state index is 0.584. The average molecular weight is 191 g/mol. The van der Waals surface area contributed by atoms with E-state index in [1.54, 1.807) is 0 Å². The van der Waals surface area contributed by atoms with E-state index in [9.17, 15) is 0 Å². The van der Waals surface area contributed by atoms with Gasteiger partial charge in [0.2, 0.25) is 0 Å². The Labute approximate surface area is 82.1 Å². The van der Waals surface area contributed by atoms with Crippen molar-refractivity contribution in [1.82, 2.24) is 5.16 Å². The standard InChI is InChI=1S/C10H13N3O/c1-7-2-3-8-9(6-7)14-13-10(8)12-5-4-11/h2-3,6H,4-5,11H2,1H3,(H,12,13). The number of rotatable bonds is 3. The van der Waals surface area contributed by atoms with E-state index in [2.05, 4.69) is 10.5 Å². The van der Waals surface area contributed by atoms with E-state index in [4.69, 9.17) is 10.3 Å². The highest BCUT2D eigenvalue weighted by atomic mass is 16.5. The lowest BCUT2D eigenvalue weighted by atomic mass is 10.2. The van der Waals surface area contributed by atoms with Gasteiger partial charge in [0.15, 0.2) is 11.4 Å². The number of benzene rings is 1. The summed E-state index contributed by atoms with van der Waals surface area (Å²) in [6.07, 6.45) is 0. The second-order valence-electron chi connectivity index (χ2n) is 3.25. The predicted molar refractivity (Wildman–Crippen MR) is 56.3 cm³/mol. The molecular formula is C10H13N3O. The Bertz CT molecular complexity index is 436. The summed E-state index contributed by atoms with van der Waals surface area (Å²) < 4.78 is 5.17. The molecule has 0 saturated heterocycles. The molecule has 2 rings (SSSR count). The molecule has 3 N–H and O–H groups in total. The zero-order valence-electron chi connectivity index (χ0n) is 8.08. The molecule has 0 aliphatic rings. The molecule has 4 heteroatoms. The van der Waals surface area contributed by atoms with Crippen molar-refractivity contribution < 1.29 is 4.52 Å². The Kier molecular flexibility index (Phi) is 2.37. The zero-order chi connectivity index (χ0) is 9.97. The molecule has 0 aliphatic carbocycles. The fourth-order valence-corrected chi connectivity index (χ4v) is 1.36. The summed E-state index contributed by atoms with van der Waals surface area (Å²) in [6, 6.07) is 6.00. The maximum Gasteiger partial charge on any atom is 0.177 e. The SMILES string of the molecule is Cc1ccc2c(NCCN)noc2c1. The first-order valence-corrected chi connectivity index (χ1v) is 4.61. The lowest BCUT2D eigenvalue weighted by Crippen LogP contribution is -2.13. The molecule has 1 aromatic carbocycles. The highest BCUT2D eigenvalue weighted by Gasteiger charge is 2.06. The minimum atomic E-state index is 0.584. The third-order valence-corrected chi connectivity index (χ3v) is 2.06. The third-order valence-electron chi connectivity index (χ3n) is 2.06. The highest BCUT2D eigenvalue weighted by Crippen LogP contribution is 2.23. The number of hydrogen-bond donors (Lipinski definition) is 2. The van der Waals surface area contributed by atoms with E-state index in [-0.39, 0.29) is 0 Å². The van der Waals surface area contributed by atoms with E-state index >= 15 is 0 Å². The Morgan fingerprint density at radius 2 is 2.36 bits per heavy atom. The van der Waals surface area contributed by atoms with E-state index in [1.807, 2.05) is 25.1 Å². The summed E-state index contributed by atoms with van der Waals surface area (Å²) >= 11 is 0. The smallest absolute Gasteiger partial charge is 0.177 e. The summed E-state index contributed by atoms with van der Waals surface area (Å²) in [5.74, 6) is 0.769. The van der Waals surface area contributed by atoms with E-state index in [1.165, 1.54) is 5.56 Å². The molecule has 0 atom stereocenters. The average Bonchev–Trinajstić information content (AvgIpc) is 2.57. The normalized spacial score (nSPS) is 10.7. The largest absolute Gasteiger partial charge is 0.365 e. The minimum Gasteiger partial charge on any atom is -0.365 e. The third kappa shape index (κ3) is 1.56. The summed E-state index contributed by atoms with van der Waals surface area (Å²) in [6.45, 7) is 3.31. The predicted octanol–water partition coefficient (Wildman–Crippen LogP) is 1.51. The topological polar surface area (TPSA) is 64.1 Å². The van der Waals surface area contributed by atoms with Crippen LogP contribution >= 0.6 is 0 Å². The van der Waals surface area contributed by atoms with Gasteiger partial charge >= 0.3 is 0 Å². The van der Waals surface area contributed by atoms with Gasteiger partial charge in [-0.15, -0.1) is 0 Å². The molecule has 0 saturated carbocycles. The lowest BCUT2D eigenvalue weighted by Gasteiger charge is -1.98. The molecule has 1 aromatic heterocycles. The molecule has 0 amide bonds. The van der Waals surface area contributed by atoms with Gasteiger partial charge in [0.05, 0.1) is 5.39 Å². The van der Waals surface area contributed by atoms with Crippen molar-refractivity contribution in [3.8, 4) is 0 Å². The summed E-state index contributed by atoms with van der Waals surface area (Å²) in [4.78, 5) is 0. The van der Waals surface area contributed by atoms with Crippen molar-refractivity contribution in [1.29, 1.82) is 0 Å². The van der Waals surface area contributed by atoms with Gasteiger partial charge in [0.1, 0.15) is 0 Å². The Morgan fingerprint density at radius 1 is 1.50 bits per heavy atom. The second kappa shape index (κ2) is 3.67. The van der Waals surface area contributed by atoms with Crippen LogP contribution in [0.1, 0.15) is 5.56 Å². The maximum atomic E-state index is 5.39. The molecule has 74 valence electrons. The van der Waals surface area contributed by atoms with Gasteiger partial charge in [-0.1, -0.05) is 11.2 Å². The van der Waals surface area contributed by atoms with Gasteiger partial charge in [-0.2, -0.15) is 0 Å². The Hall–Kier alpha value is -1.55. The van der Waals surface area contributed by atoms with Crippen LogP contribution in [-0.4, -0.2) is 18.2 Å². The van der Waals surface area contributed by atoms with Crippen LogP contribution in [0.5, 0.6) is 0 Å². The molecule has 4 nitrogen and oxygen atoms in total. The van der Waals surface area contributed by atoms with Crippen molar-refractivity contribution >= 4 is 16.8 Å². The molecular weight excluding hydrogens is 178 g/mol. The van der Waals surface area contributed by atoms with Gasteiger partial charge in [-0.3, -0.25) is 0 Å². The summed E-state index contributed by atoms with van der Waals surface area (Å²) in [5.41, 5.74) is 7.37. The molecule has 0 bridgehead atoms. The monoisotopic (exact) mass is 191 g/mol. The quantitative estimate of drug-likeness (QED) is 0.771. The van der Waals surface area contributed by atoms with Crippen molar-refractivity contribution in [3.05, 3.63) is 23.8 Å². The highest BCUT2D eigenvalue weighted by molar-refractivity contribution is 5.88. The van der Waals surface area contributed by atoms with E-state index in [0.29, 0.717) is 13.1 Å². The first-order chi connectivity index (χ1) is 6.81. The van der Waals surface area contributed by atoms with Crippen molar-refractivity contribution in [2.75, 3.05) is 18.4 Å². The van der Waals surface area contributed by atoms with Crippen LogP contribution in [0.4, 0.5) is 5.82 Å². The molecule has 2 aromatic rings. The number of aromatic nitrogens is 1. The summed E-state index contributed by atoms with van der Waals surface area (Å²) in [5, 5.41) is 8.04. The lowest BCUT2D eigenvalue weighted by molar-refractivity contribution is 0.459. The number of hydrogen-bond acceptors (Lipinski definition) is 4. The Morgan fingerprint density at radius 3 is 3.14 bits per heavy atom. The van der Waals surface area contributed by atoms with E-state index < -0.39 is 0 Å². The fraction of sp³-hybridized carbons (Fsp3) is 0.300. The van der Waals surface area contributed by atoms with Crippen LogP contribution < -0.4 is 11.1 Å². The van der Waals surface area contributed by atoms with Crippen molar-refractivity contribution in [2.45, 2.75) is 6.92 Å². The molecule has 0 spiro atoms. The first kappa shape index (κ1) is 9.02. The molecule has 0 unspecified atom stereocenters.